The van der Waals surface area contributed by atoms with Crippen LogP contribution in [0.5, 0.6) is 0 Å². The van der Waals surface area contributed by atoms with Crippen molar-refractivity contribution in [3.8, 4) is 0 Å². The summed E-state index contributed by atoms with van der Waals surface area (Å²) in [5, 5.41) is 2.38. The van der Waals surface area contributed by atoms with Crippen molar-refractivity contribution in [2.45, 2.75) is 13.8 Å². The van der Waals surface area contributed by atoms with Crippen molar-refractivity contribution in [1.29, 1.82) is 0 Å². The molecule has 1 N–H and O–H groups in total. The van der Waals surface area contributed by atoms with Crippen LogP contribution in [-0.2, 0) is 14.3 Å². The summed E-state index contributed by atoms with van der Waals surface area (Å²) in [7, 11) is 1.15. The number of rotatable bonds is 1. The normalized spacial score (nSPS) is 9.53. The fourth-order valence-corrected chi connectivity index (χ4v) is 0.986. The Morgan fingerprint density at radius 2 is 2.07 bits per heavy atom. The molecule has 0 fully saturated rings. The van der Waals surface area contributed by atoms with Crippen molar-refractivity contribution < 1.29 is 14.3 Å². The number of hydrogen-bond acceptors (Lipinski definition) is 4. The van der Waals surface area contributed by atoms with Crippen LogP contribution in [0.4, 0.5) is 5.69 Å². The zero-order valence-corrected chi connectivity index (χ0v) is 8.83. The number of esters is 1. The molecule has 0 aliphatic rings. The van der Waals surface area contributed by atoms with E-state index in [2.05, 4.69) is 15.0 Å². The van der Waals surface area contributed by atoms with Gasteiger partial charge >= 0.3 is 11.9 Å². The minimum atomic E-state index is -0.923. The maximum Gasteiger partial charge on any atom is 0.396 e. The molecule has 1 rings (SSSR count). The third-order valence-corrected chi connectivity index (χ3v) is 1.97. The third kappa shape index (κ3) is 2.77. The lowest BCUT2D eigenvalue weighted by Gasteiger charge is -2.05. The Kier molecular flexibility index (Phi) is 3.38. The lowest BCUT2D eigenvalue weighted by molar-refractivity contribution is -0.150. The van der Waals surface area contributed by atoms with Gasteiger partial charge in [0.05, 0.1) is 19.0 Å². The predicted octanol–water partition coefficient (Wildman–Crippen LogP) is 0.810. The SMILES string of the molecule is COC(=O)C(=O)Nc1cnc(C)c(C)c1. The number of hydrogen-bond donors (Lipinski definition) is 1. The molecule has 80 valence electrons. The van der Waals surface area contributed by atoms with Gasteiger partial charge in [-0.05, 0) is 25.5 Å². The van der Waals surface area contributed by atoms with Gasteiger partial charge in [-0.2, -0.15) is 0 Å². The zero-order chi connectivity index (χ0) is 11.4. The molecule has 15 heavy (non-hydrogen) atoms. The van der Waals surface area contributed by atoms with Gasteiger partial charge in [0.15, 0.2) is 0 Å². The summed E-state index contributed by atoms with van der Waals surface area (Å²) in [5.41, 5.74) is 2.30. The van der Waals surface area contributed by atoms with Crippen LogP contribution in [0.25, 0.3) is 0 Å². The second-order valence-electron chi connectivity index (χ2n) is 3.07. The summed E-state index contributed by atoms with van der Waals surface area (Å²) in [4.78, 5) is 26.0. The van der Waals surface area contributed by atoms with E-state index in [9.17, 15) is 9.59 Å². The summed E-state index contributed by atoms with van der Waals surface area (Å²) < 4.78 is 4.27. The van der Waals surface area contributed by atoms with Gasteiger partial charge < -0.3 is 10.1 Å². The number of nitrogens with zero attached hydrogens (tertiary/aromatic N) is 1. The molecule has 5 heteroatoms. The molecule has 0 atom stereocenters. The molecule has 1 aromatic rings. The number of aromatic nitrogens is 1. The van der Waals surface area contributed by atoms with E-state index in [1.807, 2.05) is 13.8 Å². The van der Waals surface area contributed by atoms with Crippen molar-refractivity contribution >= 4 is 17.6 Å². The Balaban J connectivity index is 2.77. The van der Waals surface area contributed by atoms with E-state index in [0.717, 1.165) is 18.4 Å². The molecule has 0 aliphatic heterocycles. The minimum Gasteiger partial charge on any atom is -0.462 e. The van der Waals surface area contributed by atoms with Gasteiger partial charge in [0, 0.05) is 5.69 Å². The molecule has 0 spiro atoms. The first-order chi connectivity index (χ1) is 7.04. The maximum absolute atomic E-state index is 11.1. The molecular weight excluding hydrogens is 196 g/mol. The molecule has 0 aliphatic carbocycles. The van der Waals surface area contributed by atoms with Crippen molar-refractivity contribution in [3.05, 3.63) is 23.5 Å². The van der Waals surface area contributed by atoms with E-state index in [1.54, 1.807) is 6.07 Å². The highest BCUT2D eigenvalue weighted by Gasteiger charge is 2.13. The van der Waals surface area contributed by atoms with Gasteiger partial charge in [-0.15, -0.1) is 0 Å². The molecule has 0 radical (unpaired) electrons. The Bertz CT molecular complexity index is 402. The second-order valence-corrected chi connectivity index (χ2v) is 3.07. The van der Waals surface area contributed by atoms with Crippen molar-refractivity contribution in [1.82, 2.24) is 4.98 Å². The first-order valence-corrected chi connectivity index (χ1v) is 4.37. The van der Waals surface area contributed by atoms with Gasteiger partial charge in [0.2, 0.25) is 0 Å². The predicted molar refractivity (Wildman–Crippen MR) is 54.4 cm³/mol. The van der Waals surface area contributed by atoms with Crippen molar-refractivity contribution in [2.75, 3.05) is 12.4 Å². The summed E-state index contributed by atoms with van der Waals surface area (Å²) >= 11 is 0. The zero-order valence-electron chi connectivity index (χ0n) is 8.83. The average molecular weight is 208 g/mol. The first kappa shape index (κ1) is 11.2. The molecule has 1 amide bonds. The number of nitrogens with one attached hydrogen (secondary N) is 1. The van der Waals surface area contributed by atoms with Crippen LogP contribution < -0.4 is 5.32 Å². The van der Waals surface area contributed by atoms with Gasteiger partial charge in [-0.3, -0.25) is 9.78 Å². The lowest BCUT2D eigenvalue weighted by Crippen LogP contribution is -2.23. The molecule has 0 saturated heterocycles. The van der Waals surface area contributed by atoms with Crippen LogP contribution in [-0.4, -0.2) is 24.0 Å². The largest absolute Gasteiger partial charge is 0.462 e. The van der Waals surface area contributed by atoms with Gasteiger partial charge in [-0.25, -0.2) is 4.79 Å². The molecule has 0 unspecified atom stereocenters. The maximum atomic E-state index is 11.1. The Morgan fingerprint density at radius 3 is 2.60 bits per heavy atom. The number of methoxy groups -OCH3 is 1. The number of amides is 1. The summed E-state index contributed by atoms with van der Waals surface area (Å²) in [6, 6.07) is 1.74. The third-order valence-electron chi connectivity index (χ3n) is 1.97. The minimum absolute atomic E-state index is 0.480. The van der Waals surface area contributed by atoms with Crippen molar-refractivity contribution in [2.24, 2.45) is 0 Å². The summed E-state index contributed by atoms with van der Waals surface area (Å²) in [5.74, 6) is -1.73. The van der Waals surface area contributed by atoms with E-state index < -0.39 is 11.9 Å². The Labute approximate surface area is 87.5 Å². The Hall–Kier alpha value is -1.91. The van der Waals surface area contributed by atoms with Crippen LogP contribution in [0, 0.1) is 13.8 Å². The Morgan fingerprint density at radius 1 is 1.40 bits per heavy atom. The standard InChI is InChI=1S/C10H12N2O3/c1-6-4-8(5-11-7(6)2)12-9(13)10(14)15-3/h4-5H,1-3H3,(H,12,13). The number of carbonyl (C=O) groups excluding carboxylic acids is 2. The highest BCUT2D eigenvalue weighted by atomic mass is 16.5. The topological polar surface area (TPSA) is 68.3 Å². The van der Waals surface area contributed by atoms with Crippen LogP contribution in [0.15, 0.2) is 12.3 Å². The van der Waals surface area contributed by atoms with Gasteiger partial charge in [0.1, 0.15) is 0 Å². The average Bonchev–Trinajstić information content (AvgIpc) is 2.22. The summed E-state index contributed by atoms with van der Waals surface area (Å²) in [6.45, 7) is 3.73. The van der Waals surface area contributed by atoms with Gasteiger partial charge in [-0.1, -0.05) is 0 Å². The fraction of sp³-hybridized carbons (Fsp3) is 0.300. The molecular formula is C10H12N2O3. The molecule has 0 aromatic carbocycles. The second kappa shape index (κ2) is 4.54. The first-order valence-electron chi connectivity index (χ1n) is 4.37. The van der Waals surface area contributed by atoms with E-state index in [0.29, 0.717) is 5.69 Å². The van der Waals surface area contributed by atoms with Crippen LogP contribution in [0.3, 0.4) is 0 Å². The number of carbonyl (C=O) groups is 2. The van der Waals surface area contributed by atoms with E-state index in [1.165, 1.54) is 6.20 Å². The molecule has 5 nitrogen and oxygen atoms in total. The number of anilines is 1. The smallest absolute Gasteiger partial charge is 0.396 e. The van der Waals surface area contributed by atoms with Crippen LogP contribution >= 0.6 is 0 Å². The number of ether oxygens (including phenoxy) is 1. The highest BCUT2D eigenvalue weighted by molar-refractivity contribution is 6.37. The number of pyridine rings is 1. The monoisotopic (exact) mass is 208 g/mol. The molecule has 1 aromatic heterocycles. The fourth-order valence-electron chi connectivity index (χ4n) is 0.986. The molecule has 1 heterocycles. The van der Waals surface area contributed by atoms with E-state index in [4.69, 9.17) is 0 Å². The quantitative estimate of drug-likeness (QED) is 0.547. The van der Waals surface area contributed by atoms with Crippen LogP contribution in [0.2, 0.25) is 0 Å². The van der Waals surface area contributed by atoms with Crippen LogP contribution in [0.1, 0.15) is 11.3 Å². The highest BCUT2D eigenvalue weighted by Crippen LogP contribution is 2.10. The lowest BCUT2D eigenvalue weighted by atomic mass is 10.2. The van der Waals surface area contributed by atoms with Gasteiger partial charge in [0.25, 0.3) is 0 Å². The molecule has 0 bridgehead atoms. The number of aryl methyl sites for hydroxylation is 2. The van der Waals surface area contributed by atoms with E-state index in [-0.39, 0.29) is 0 Å². The van der Waals surface area contributed by atoms with E-state index >= 15 is 0 Å². The summed E-state index contributed by atoms with van der Waals surface area (Å²) in [6.07, 6.45) is 1.49. The molecule has 0 saturated carbocycles. The van der Waals surface area contributed by atoms with Crippen molar-refractivity contribution in [3.63, 3.8) is 0 Å².